The second kappa shape index (κ2) is 5.49. The Hall–Kier alpha value is -1.40. The van der Waals surface area contributed by atoms with Crippen LogP contribution < -0.4 is 10.5 Å². The molecule has 0 aromatic carbocycles. The number of ether oxygens (including phenoxy) is 1. The van der Waals surface area contributed by atoms with Crippen LogP contribution >= 0.6 is 0 Å². The highest BCUT2D eigenvalue weighted by Crippen LogP contribution is 2.11. The molecule has 1 aliphatic heterocycles. The fourth-order valence-corrected chi connectivity index (χ4v) is 2.06. The van der Waals surface area contributed by atoms with E-state index in [-0.39, 0.29) is 24.3 Å². The number of rotatable bonds is 3. The molecular weight excluding hydrogens is 234 g/mol. The lowest BCUT2D eigenvalue weighted by Crippen LogP contribution is -2.47. The zero-order valence-corrected chi connectivity index (χ0v) is 10.7. The second-order valence-corrected chi connectivity index (χ2v) is 4.68. The van der Waals surface area contributed by atoms with Gasteiger partial charge in [0.2, 0.25) is 0 Å². The van der Waals surface area contributed by atoms with Gasteiger partial charge in [0.1, 0.15) is 0 Å². The Morgan fingerprint density at radius 1 is 1.61 bits per heavy atom. The normalized spacial score (nSPS) is 20.4. The largest absolute Gasteiger partial charge is 0.394 e. The number of morpholine rings is 1. The lowest BCUT2D eigenvalue weighted by molar-refractivity contribution is 0.00326. The first-order chi connectivity index (χ1) is 8.63. The number of nitrogens with zero attached hydrogens (tertiary/aromatic N) is 3. The molecular formula is C12H19N3O3. The summed E-state index contributed by atoms with van der Waals surface area (Å²) in [5.74, 6) is 0.438. The predicted molar refractivity (Wildman–Crippen MR) is 67.9 cm³/mol. The Kier molecular flexibility index (Phi) is 3.98. The number of anilines is 1. The number of aliphatic hydroxyl groups excluding tert-OH is 1. The van der Waals surface area contributed by atoms with Gasteiger partial charge in [-0.05, 0) is 13.8 Å². The Labute approximate surface area is 106 Å². The molecule has 1 N–H and O–H groups in total. The SMILES string of the molecule is CC(C)n1ccnc(N2CCOC(CO)C2)c1=O. The van der Waals surface area contributed by atoms with E-state index in [1.165, 1.54) is 0 Å². The molecule has 1 fully saturated rings. The minimum Gasteiger partial charge on any atom is -0.394 e. The van der Waals surface area contributed by atoms with E-state index < -0.39 is 0 Å². The van der Waals surface area contributed by atoms with E-state index in [4.69, 9.17) is 9.84 Å². The van der Waals surface area contributed by atoms with Crippen LogP contribution in [0.15, 0.2) is 17.2 Å². The van der Waals surface area contributed by atoms with E-state index in [9.17, 15) is 4.79 Å². The summed E-state index contributed by atoms with van der Waals surface area (Å²) < 4.78 is 7.03. The zero-order chi connectivity index (χ0) is 13.1. The summed E-state index contributed by atoms with van der Waals surface area (Å²) in [7, 11) is 0. The summed E-state index contributed by atoms with van der Waals surface area (Å²) in [6.07, 6.45) is 3.09. The van der Waals surface area contributed by atoms with Crippen LogP contribution in [0.5, 0.6) is 0 Å². The minimum atomic E-state index is -0.243. The molecule has 1 unspecified atom stereocenters. The van der Waals surface area contributed by atoms with E-state index in [0.717, 1.165) is 0 Å². The summed E-state index contributed by atoms with van der Waals surface area (Å²) in [4.78, 5) is 18.3. The molecule has 6 nitrogen and oxygen atoms in total. The maximum Gasteiger partial charge on any atom is 0.293 e. The van der Waals surface area contributed by atoms with Crippen molar-refractivity contribution < 1.29 is 9.84 Å². The number of aliphatic hydroxyl groups is 1. The number of hydrogen-bond donors (Lipinski definition) is 1. The summed E-state index contributed by atoms with van der Waals surface area (Å²) >= 11 is 0. The van der Waals surface area contributed by atoms with Gasteiger partial charge in [-0.15, -0.1) is 0 Å². The molecule has 0 aliphatic carbocycles. The first-order valence-corrected chi connectivity index (χ1v) is 6.18. The van der Waals surface area contributed by atoms with Crippen molar-refractivity contribution >= 4 is 5.82 Å². The van der Waals surface area contributed by atoms with Gasteiger partial charge in [0.05, 0.1) is 19.3 Å². The van der Waals surface area contributed by atoms with Crippen LogP contribution in [0.3, 0.4) is 0 Å². The molecule has 100 valence electrons. The highest BCUT2D eigenvalue weighted by atomic mass is 16.5. The molecule has 0 bridgehead atoms. The molecule has 0 saturated carbocycles. The molecule has 1 aromatic heterocycles. The second-order valence-electron chi connectivity index (χ2n) is 4.68. The van der Waals surface area contributed by atoms with Crippen LogP contribution in [0.25, 0.3) is 0 Å². The first kappa shape index (κ1) is 13.0. The Morgan fingerprint density at radius 3 is 3.06 bits per heavy atom. The predicted octanol–water partition coefficient (Wildman–Crippen LogP) is 0.0217. The summed E-state index contributed by atoms with van der Waals surface area (Å²) in [5.41, 5.74) is -0.0916. The van der Waals surface area contributed by atoms with Crippen LogP contribution in [0.4, 0.5) is 5.82 Å². The molecule has 1 atom stereocenters. The van der Waals surface area contributed by atoms with Crippen molar-refractivity contribution in [1.29, 1.82) is 0 Å². The molecule has 1 aliphatic rings. The summed E-state index contributed by atoms with van der Waals surface area (Å²) in [6.45, 7) is 5.51. The molecule has 2 rings (SSSR count). The minimum absolute atomic E-state index is 0.0400. The van der Waals surface area contributed by atoms with Gasteiger partial charge in [-0.1, -0.05) is 0 Å². The van der Waals surface area contributed by atoms with Crippen molar-refractivity contribution in [3.05, 3.63) is 22.7 Å². The van der Waals surface area contributed by atoms with Crippen LogP contribution in [-0.4, -0.2) is 47.1 Å². The van der Waals surface area contributed by atoms with Crippen LogP contribution in [0, 0.1) is 0 Å². The fraction of sp³-hybridized carbons (Fsp3) is 0.667. The Morgan fingerprint density at radius 2 is 2.39 bits per heavy atom. The van der Waals surface area contributed by atoms with E-state index >= 15 is 0 Å². The molecule has 0 radical (unpaired) electrons. The van der Waals surface area contributed by atoms with Crippen LogP contribution in [-0.2, 0) is 4.74 Å². The van der Waals surface area contributed by atoms with Gasteiger partial charge < -0.3 is 19.3 Å². The van der Waals surface area contributed by atoms with Gasteiger partial charge in [-0.3, -0.25) is 4.79 Å². The van der Waals surface area contributed by atoms with Crippen molar-refractivity contribution in [2.24, 2.45) is 0 Å². The van der Waals surface area contributed by atoms with Gasteiger partial charge in [0, 0.05) is 31.5 Å². The van der Waals surface area contributed by atoms with Crippen molar-refractivity contribution in [3.8, 4) is 0 Å². The van der Waals surface area contributed by atoms with Gasteiger partial charge in [0.25, 0.3) is 5.56 Å². The highest BCUT2D eigenvalue weighted by Gasteiger charge is 2.23. The van der Waals surface area contributed by atoms with E-state index in [0.29, 0.717) is 25.5 Å². The fourth-order valence-electron chi connectivity index (χ4n) is 2.06. The third kappa shape index (κ3) is 2.54. The smallest absolute Gasteiger partial charge is 0.293 e. The van der Waals surface area contributed by atoms with Gasteiger partial charge in [-0.2, -0.15) is 0 Å². The lowest BCUT2D eigenvalue weighted by atomic mass is 10.3. The quantitative estimate of drug-likeness (QED) is 0.822. The number of hydrogen-bond acceptors (Lipinski definition) is 5. The topological polar surface area (TPSA) is 67.6 Å². The first-order valence-electron chi connectivity index (χ1n) is 6.18. The van der Waals surface area contributed by atoms with E-state index in [1.807, 2.05) is 18.7 Å². The third-order valence-corrected chi connectivity index (χ3v) is 3.05. The maximum atomic E-state index is 12.3. The molecule has 0 amide bonds. The Bertz CT molecular complexity index is 458. The monoisotopic (exact) mass is 253 g/mol. The summed E-state index contributed by atoms with van der Waals surface area (Å²) in [6, 6.07) is 0.105. The number of aromatic nitrogens is 2. The molecule has 0 spiro atoms. The summed E-state index contributed by atoms with van der Waals surface area (Å²) in [5, 5.41) is 9.11. The highest BCUT2D eigenvalue weighted by molar-refractivity contribution is 5.36. The van der Waals surface area contributed by atoms with Crippen molar-refractivity contribution in [3.63, 3.8) is 0 Å². The van der Waals surface area contributed by atoms with Crippen molar-refractivity contribution in [2.45, 2.75) is 26.0 Å². The van der Waals surface area contributed by atoms with Crippen molar-refractivity contribution in [1.82, 2.24) is 9.55 Å². The van der Waals surface area contributed by atoms with E-state index in [1.54, 1.807) is 17.0 Å². The molecule has 18 heavy (non-hydrogen) atoms. The molecule has 1 aromatic rings. The molecule has 2 heterocycles. The third-order valence-electron chi connectivity index (χ3n) is 3.05. The maximum absolute atomic E-state index is 12.3. The van der Waals surface area contributed by atoms with Crippen LogP contribution in [0.2, 0.25) is 0 Å². The standard InChI is InChI=1S/C12H19N3O3/c1-9(2)15-4-3-13-11(12(15)17)14-5-6-18-10(7-14)8-16/h3-4,9-10,16H,5-8H2,1-2H3. The lowest BCUT2D eigenvalue weighted by Gasteiger charge is -2.32. The molecule has 6 heteroatoms. The average Bonchev–Trinajstić information content (AvgIpc) is 2.38. The zero-order valence-electron chi connectivity index (χ0n) is 10.7. The van der Waals surface area contributed by atoms with Gasteiger partial charge >= 0.3 is 0 Å². The molecule has 1 saturated heterocycles. The van der Waals surface area contributed by atoms with Crippen LogP contribution in [0.1, 0.15) is 19.9 Å². The van der Waals surface area contributed by atoms with Crippen molar-refractivity contribution in [2.75, 3.05) is 31.2 Å². The van der Waals surface area contributed by atoms with Gasteiger partial charge in [-0.25, -0.2) is 4.98 Å². The Balaban J connectivity index is 2.28. The van der Waals surface area contributed by atoms with Gasteiger partial charge in [0.15, 0.2) is 5.82 Å². The average molecular weight is 253 g/mol. The van der Waals surface area contributed by atoms with E-state index in [2.05, 4.69) is 4.98 Å².